The summed E-state index contributed by atoms with van der Waals surface area (Å²) in [4.78, 5) is 21.6. The Morgan fingerprint density at radius 2 is 2.00 bits per heavy atom. The number of fused-ring (bicyclic) bond motifs is 2. The van der Waals surface area contributed by atoms with Gasteiger partial charge in [0.15, 0.2) is 0 Å². The van der Waals surface area contributed by atoms with E-state index in [1.807, 2.05) is 42.9 Å². The number of carbonyl (C=O) groups is 1. The maximum atomic E-state index is 12.6. The smallest absolute Gasteiger partial charge is 0.228 e. The lowest BCUT2D eigenvalue weighted by Crippen LogP contribution is -2.30. The second-order valence-corrected chi connectivity index (χ2v) is 7.48. The lowest BCUT2D eigenvalue weighted by atomic mass is 9.97. The molecule has 138 valence electrons. The predicted octanol–water partition coefficient (Wildman–Crippen LogP) is 3.28. The third-order valence-electron chi connectivity index (χ3n) is 5.73. The molecular formula is C21H23N5O. The van der Waals surface area contributed by atoms with E-state index in [2.05, 4.69) is 24.4 Å². The van der Waals surface area contributed by atoms with Gasteiger partial charge in [-0.2, -0.15) is 0 Å². The number of rotatable bonds is 3. The SMILES string of the molecule is O=C(Nc1ccc(-c2ncc3n2CCCC3)cc1)C1CCn2ccnc2C1. The lowest BCUT2D eigenvalue weighted by molar-refractivity contribution is -0.120. The number of imidazole rings is 2. The van der Waals surface area contributed by atoms with Crippen molar-refractivity contribution in [2.45, 2.75) is 45.2 Å². The Labute approximate surface area is 158 Å². The van der Waals surface area contributed by atoms with Gasteiger partial charge in [0.2, 0.25) is 5.91 Å². The molecule has 6 nitrogen and oxygen atoms in total. The molecule has 1 N–H and O–H groups in total. The van der Waals surface area contributed by atoms with Gasteiger partial charge in [0.05, 0.1) is 0 Å². The van der Waals surface area contributed by atoms with E-state index in [1.54, 1.807) is 0 Å². The summed E-state index contributed by atoms with van der Waals surface area (Å²) in [6.07, 6.45) is 10.9. The standard InChI is InChI=1S/C21H23N5O/c27-21(16-8-11-25-12-9-22-19(25)13-16)24-17-6-4-15(5-7-17)20-23-14-18-3-1-2-10-26(18)20/h4-7,9,12,14,16H,1-3,8,10-11,13H2,(H,24,27). The fraction of sp³-hybridized carbons (Fsp3) is 0.381. The molecule has 5 rings (SSSR count). The summed E-state index contributed by atoms with van der Waals surface area (Å²) >= 11 is 0. The molecule has 0 spiro atoms. The van der Waals surface area contributed by atoms with Crippen LogP contribution in [0.15, 0.2) is 42.9 Å². The quantitative estimate of drug-likeness (QED) is 0.779. The van der Waals surface area contributed by atoms with Crippen molar-refractivity contribution in [1.29, 1.82) is 0 Å². The normalized spacial score (nSPS) is 18.6. The summed E-state index contributed by atoms with van der Waals surface area (Å²) in [6, 6.07) is 8.05. The molecule has 6 heteroatoms. The average molecular weight is 361 g/mol. The Kier molecular flexibility index (Phi) is 4.03. The second-order valence-electron chi connectivity index (χ2n) is 7.48. The minimum Gasteiger partial charge on any atom is -0.335 e. The molecule has 0 bridgehead atoms. The maximum absolute atomic E-state index is 12.6. The van der Waals surface area contributed by atoms with E-state index in [1.165, 1.54) is 18.5 Å². The minimum absolute atomic E-state index is 0.0149. The molecule has 0 radical (unpaired) electrons. The fourth-order valence-electron chi connectivity index (χ4n) is 4.19. The van der Waals surface area contributed by atoms with E-state index in [9.17, 15) is 4.79 Å². The number of carbonyl (C=O) groups excluding carboxylic acids is 1. The molecule has 2 aromatic heterocycles. The van der Waals surface area contributed by atoms with Gasteiger partial charge in [-0.15, -0.1) is 0 Å². The summed E-state index contributed by atoms with van der Waals surface area (Å²) in [5.41, 5.74) is 3.26. The number of amides is 1. The summed E-state index contributed by atoms with van der Waals surface area (Å²) in [5, 5.41) is 3.07. The third kappa shape index (κ3) is 3.05. The number of aryl methyl sites for hydroxylation is 2. The molecule has 4 heterocycles. The van der Waals surface area contributed by atoms with E-state index in [0.29, 0.717) is 6.42 Å². The number of hydrogen-bond acceptors (Lipinski definition) is 3. The molecule has 0 saturated heterocycles. The molecule has 1 unspecified atom stereocenters. The summed E-state index contributed by atoms with van der Waals surface area (Å²) < 4.78 is 4.45. The van der Waals surface area contributed by atoms with Gasteiger partial charge in [-0.1, -0.05) is 0 Å². The number of anilines is 1. The van der Waals surface area contributed by atoms with E-state index in [0.717, 1.165) is 48.8 Å². The average Bonchev–Trinajstić information content (AvgIpc) is 3.35. The number of nitrogens with one attached hydrogen (secondary N) is 1. The Balaban J connectivity index is 1.28. The van der Waals surface area contributed by atoms with E-state index in [-0.39, 0.29) is 11.8 Å². The molecule has 0 aliphatic carbocycles. The van der Waals surface area contributed by atoms with Crippen LogP contribution in [0, 0.1) is 5.92 Å². The van der Waals surface area contributed by atoms with Crippen molar-refractivity contribution in [3.8, 4) is 11.4 Å². The zero-order valence-corrected chi connectivity index (χ0v) is 15.3. The van der Waals surface area contributed by atoms with Gasteiger partial charge in [-0.05, 0) is 49.9 Å². The van der Waals surface area contributed by atoms with Crippen LogP contribution in [0.5, 0.6) is 0 Å². The highest BCUT2D eigenvalue weighted by Crippen LogP contribution is 2.26. The molecule has 0 fully saturated rings. The fourth-order valence-corrected chi connectivity index (χ4v) is 4.19. The first kappa shape index (κ1) is 16.3. The predicted molar refractivity (Wildman–Crippen MR) is 103 cm³/mol. The molecule has 1 atom stereocenters. The van der Waals surface area contributed by atoms with Crippen LogP contribution < -0.4 is 5.32 Å². The number of aromatic nitrogens is 4. The van der Waals surface area contributed by atoms with Crippen LogP contribution in [0.4, 0.5) is 5.69 Å². The van der Waals surface area contributed by atoms with E-state index >= 15 is 0 Å². The third-order valence-corrected chi connectivity index (χ3v) is 5.73. The van der Waals surface area contributed by atoms with Crippen LogP contribution >= 0.6 is 0 Å². The first-order valence-electron chi connectivity index (χ1n) is 9.73. The Hall–Kier alpha value is -2.89. The zero-order valence-electron chi connectivity index (χ0n) is 15.3. The van der Waals surface area contributed by atoms with Crippen molar-refractivity contribution in [1.82, 2.24) is 19.1 Å². The van der Waals surface area contributed by atoms with Crippen molar-refractivity contribution in [2.75, 3.05) is 5.32 Å². The van der Waals surface area contributed by atoms with Crippen molar-refractivity contribution in [3.05, 3.63) is 54.4 Å². The highest BCUT2D eigenvalue weighted by atomic mass is 16.1. The first-order valence-corrected chi connectivity index (χ1v) is 9.73. The molecular weight excluding hydrogens is 338 g/mol. The highest BCUT2D eigenvalue weighted by molar-refractivity contribution is 5.93. The van der Waals surface area contributed by atoms with E-state index < -0.39 is 0 Å². The molecule has 3 aromatic rings. The highest BCUT2D eigenvalue weighted by Gasteiger charge is 2.25. The zero-order chi connectivity index (χ0) is 18.2. The number of benzene rings is 1. The van der Waals surface area contributed by atoms with Crippen molar-refractivity contribution >= 4 is 11.6 Å². The maximum Gasteiger partial charge on any atom is 0.228 e. The summed E-state index contributed by atoms with van der Waals surface area (Å²) in [7, 11) is 0. The van der Waals surface area contributed by atoms with Crippen molar-refractivity contribution < 1.29 is 4.79 Å². The summed E-state index contributed by atoms with van der Waals surface area (Å²) in [5.74, 6) is 2.09. The van der Waals surface area contributed by atoms with Gasteiger partial charge in [0.1, 0.15) is 11.6 Å². The minimum atomic E-state index is -0.0149. The van der Waals surface area contributed by atoms with Crippen molar-refractivity contribution in [2.24, 2.45) is 5.92 Å². The molecule has 2 aliphatic heterocycles. The topological polar surface area (TPSA) is 64.7 Å². The van der Waals surface area contributed by atoms with Crippen LogP contribution in [-0.4, -0.2) is 25.0 Å². The van der Waals surface area contributed by atoms with Gasteiger partial charge in [-0.25, -0.2) is 9.97 Å². The number of nitrogens with zero attached hydrogens (tertiary/aromatic N) is 4. The van der Waals surface area contributed by atoms with Crippen LogP contribution in [0.25, 0.3) is 11.4 Å². The lowest BCUT2D eigenvalue weighted by Gasteiger charge is -2.22. The van der Waals surface area contributed by atoms with Gasteiger partial charge in [-0.3, -0.25) is 4.79 Å². The Bertz CT molecular complexity index is 969. The summed E-state index contributed by atoms with van der Waals surface area (Å²) in [6.45, 7) is 1.90. The van der Waals surface area contributed by atoms with Crippen LogP contribution in [0.3, 0.4) is 0 Å². The monoisotopic (exact) mass is 361 g/mol. The first-order chi connectivity index (χ1) is 13.3. The number of hydrogen-bond donors (Lipinski definition) is 1. The van der Waals surface area contributed by atoms with Crippen LogP contribution in [-0.2, 0) is 30.7 Å². The van der Waals surface area contributed by atoms with Gasteiger partial charge >= 0.3 is 0 Å². The second kappa shape index (κ2) is 6.68. The van der Waals surface area contributed by atoms with Crippen molar-refractivity contribution in [3.63, 3.8) is 0 Å². The molecule has 27 heavy (non-hydrogen) atoms. The molecule has 1 amide bonds. The van der Waals surface area contributed by atoms with Crippen LogP contribution in [0.2, 0.25) is 0 Å². The Morgan fingerprint density at radius 1 is 1.11 bits per heavy atom. The van der Waals surface area contributed by atoms with Gasteiger partial charge in [0, 0.05) is 61.0 Å². The molecule has 2 aliphatic rings. The van der Waals surface area contributed by atoms with E-state index in [4.69, 9.17) is 0 Å². The van der Waals surface area contributed by atoms with Crippen LogP contribution in [0.1, 0.15) is 30.8 Å². The molecule has 1 aromatic carbocycles. The van der Waals surface area contributed by atoms with Gasteiger partial charge < -0.3 is 14.5 Å². The largest absolute Gasteiger partial charge is 0.335 e. The molecule has 0 saturated carbocycles. The van der Waals surface area contributed by atoms with Gasteiger partial charge in [0.25, 0.3) is 0 Å². The Morgan fingerprint density at radius 3 is 2.89 bits per heavy atom.